The average Bonchev–Trinajstić information content (AvgIpc) is 2.85. The fraction of sp³-hybridized carbons (Fsp3) is 0.0455. The number of rotatable bonds is 1. The van der Waals surface area contributed by atoms with Crippen molar-refractivity contribution in [1.29, 1.82) is 0 Å². The summed E-state index contributed by atoms with van der Waals surface area (Å²) in [5.74, 6) is -0.439. The van der Waals surface area contributed by atoms with Gasteiger partial charge >= 0.3 is 0 Å². The molecule has 0 aliphatic carbocycles. The molecule has 3 aromatic rings. The Morgan fingerprint density at radius 2 is 1.71 bits per heavy atom. The second-order valence-corrected chi connectivity index (χ2v) is 8.39. The van der Waals surface area contributed by atoms with Crippen LogP contribution in [0.2, 0.25) is 5.02 Å². The predicted molar refractivity (Wildman–Crippen MR) is 112 cm³/mol. The summed E-state index contributed by atoms with van der Waals surface area (Å²) < 4.78 is 12.5. The Bertz CT molecular complexity index is 1150. The molecule has 2 aliphatic rings. The van der Waals surface area contributed by atoms with Crippen LogP contribution in [0.3, 0.4) is 0 Å². The summed E-state index contributed by atoms with van der Waals surface area (Å²) in [6.45, 7) is 0. The van der Waals surface area contributed by atoms with Crippen LogP contribution in [0.1, 0.15) is 11.1 Å². The van der Waals surface area contributed by atoms with Gasteiger partial charge in [0.05, 0.1) is 5.69 Å². The quantitative estimate of drug-likeness (QED) is 0.527. The van der Waals surface area contributed by atoms with Crippen molar-refractivity contribution in [2.75, 3.05) is 10.6 Å². The number of benzene rings is 3. The lowest BCUT2D eigenvalue weighted by atomic mass is 9.96. The van der Waals surface area contributed by atoms with E-state index in [1.807, 2.05) is 42.5 Å². The zero-order valence-electron chi connectivity index (χ0n) is 14.5. The monoisotopic (exact) mass is 408 g/mol. The van der Waals surface area contributed by atoms with Gasteiger partial charge in [-0.2, -0.15) is 0 Å². The molecule has 2 heterocycles. The lowest BCUT2D eigenvalue weighted by Crippen LogP contribution is -2.29. The maximum Gasteiger partial charge on any atom is 0.249 e. The Morgan fingerprint density at radius 3 is 2.54 bits per heavy atom. The predicted octanol–water partition coefficient (Wildman–Crippen LogP) is 5.89. The van der Waals surface area contributed by atoms with Gasteiger partial charge in [-0.1, -0.05) is 47.6 Å². The van der Waals surface area contributed by atoms with Crippen molar-refractivity contribution >= 4 is 46.3 Å². The number of anilines is 2. The summed E-state index contributed by atoms with van der Waals surface area (Å²) in [5.41, 5.74) is 3.98. The zero-order valence-corrected chi connectivity index (χ0v) is 16.1. The fourth-order valence-corrected chi connectivity index (χ4v) is 5.04. The van der Waals surface area contributed by atoms with Crippen LogP contribution in [0.5, 0.6) is 0 Å². The van der Waals surface area contributed by atoms with Gasteiger partial charge in [0.2, 0.25) is 5.91 Å². The minimum atomic E-state index is -0.983. The highest BCUT2D eigenvalue weighted by atomic mass is 35.5. The van der Waals surface area contributed by atoms with Crippen LogP contribution in [-0.2, 0) is 9.54 Å². The van der Waals surface area contributed by atoms with Crippen molar-refractivity contribution in [2.45, 2.75) is 9.64 Å². The number of amides is 1. The highest BCUT2D eigenvalue weighted by Gasteiger charge is 2.48. The molecule has 0 saturated heterocycles. The number of halogens is 2. The third kappa shape index (κ3) is 2.70. The maximum absolute atomic E-state index is 13.4. The Morgan fingerprint density at radius 1 is 0.929 bits per heavy atom. The van der Waals surface area contributed by atoms with Gasteiger partial charge in [0.1, 0.15) is 10.6 Å². The van der Waals surface area contributed by atoms with Crippen LogP contribution >= 0.6 is 23.4 Å². The summed E-state index contributed by atoms with van der Waals surface area (Å²) in [4.78, 5) is 14.1. The molecule has 0 aromatic heterocycles. The molecule has 28 heavy (non-hydrogen) atoms. The van der Waals surface area contributed by atoms with Gasteiger partial charge in [0.25, 0.3) is 0 Å². The molecule has 0 bridgehead atoms. The average molecular weight is 409 g/mol. The van der Waals surface area contributed by atoms with E-state index in [0.717, 1.165) is 33.1 Å². The lowest BCUT2D eigenvalue weighted by molar-refractivity contribution is -0.116. The van der Waals surface area contributed by atoms with E-state index in [9.17, 15) is 9.18 Å². The van der Waals surface area contributed by atoms with Crippen molar-refractivity contribution < 1.29 is 9.18 Å². The minimum absolute atomic E-state index is 0.132. The van der Waals surface area contributed by atoms with Gasteiger partial charge < -0.3 is 10.6 Å². The number of carbonyl (C=O) groups excluding carboxylic acids is 1. The molecular weight excluding hydrogens is 395 g/mol. The number of para-hydroxylation sites is 1. The van der Waals surface area contributed by atoms with Gasteiger partial charge in [0, 0.05) is 26.9 Å². The first-order valence-corrected chi connectivity index (χ1v) is 9.90. The zero-order chi connectivity index (χ0) is 19.3. The van der Waals surface area contributed by atoms with Gasteiger partial charge in [-0.15, -0.1) is 0 Å². The second-order valence-electron chi connectivity index (χ2n) is 6.67. The first kappa shape index (κ1) is 17.3. The van der Waals surface area contributed by atoms with Gasteiger partial charge in [-0.05, 0) is 54.1 Å². The van der Waals surface area contributed by atoms with Crippen LogP contribution in [0, 0.1) is 5.82 Å². The molecule has 1 amide bonds. The SMILES string of the molecule is O=C1Nc2ccc(Cl)cc2C12C=C(c1ccc(F)cc1)Nc1ccccc1S2. The summed E-state index contributed by atoms with van der Waals surface area (Å²) in [6.07, 6.45) is 1.91. The van der Waals surface area contributed by atoms with Gasteiger partial charge in [-0.25, -0.2) is 4.39 Å². The standard InChI is InChI=1S/C22H14ClFN2OS/c23-14-7-10-17-16(11-14)22(21(27)26-17)12-19(13-5-8-15(24)9-6-13)25-18-3-1-2-4-20(18)28-22/h1-12,25H,(H,26,27). The van der Waals surface area contributed by atoms with Crippen molar-refractivity contribution in [3.63, 3.8) is 0 Å². The molecule has 1 atom stereocenters. The molecule has 0 fully saturated rings. The van der Waals surface area contributed by atoms with Crippen LogP contribution in [-0.4, -0.2) is 5.91 Å². The first-order valence-electron chi connectivity index (χ1n) is 8.70. The van der Waals surface area contributed by atoms with E-state index in [2.05, 4.69) is 10.6 Å². The molecule has 3 aromatic carbocycles. The maximum atomic E-state index is 13.4. The molecular formula is C22H14ClFN2OS. The molecule has 1 unspecified atom stereocenters. The van der Waals surface area contributed by atoms with Crippen LogP contribution in [0.4, 0.5) is 15.8 Å². The number of hydrogen-bond acceptors (Lipinski definition) is 3. The fourth-order valence-electron chi connectivity index (χ4n) is 3.55. The Labute approximate surface area is 170 Å². The number of carbonyl (C=O) groups is 1. The summed E-state index contributed by atoms with van der Waals surface area (Å²) in [7, 11) is 0. The topological polar surface area (TPSA) is 41.1 Å². The molecule has 0 radical (unpaired) electrons. The Hall–Kier alpha value is -2.76. The largest absolute Gasteiger partial charge is 0.354 e. The van der Waals surface area contributed by atoms with Crippen molar-refractivity contribution in [1.82, 2.24) is 0 Å². The number of nitrogens with one attached hydrogen (secondary N) is 2. The summed E-state index contributed by atoms with van der Waals surface area (Å²) in [6, 6.07) is 19.5. The lowest BCUT2D eigenvalue weighted by Gasteiger charge is -2.23. The van der Waals surface area contributed by atoms with Crippen LogP contribution in [0.25, 0.3) is 5.70 Å². The van der Waals surface area contributed by atoms with E-state index in [0.29, 0.717) is 5.02 Å². The molecule has 138 valence electrons. The van der Waals surface area contributed by atoms with Crippen molar-refractivity contribution in [2.24, 2.45) is 0 Å². The van der Waals surface area contributed by atoms with Crippen molar-refractivity contribution in [3.05, 3.63) is 94.8 Å². The van der Waals surface area contributed by atoms with Crippen LogP contribution in [0.15, 0.2) is 77.7 Å². The van der Waals surface area contributed by atoms with E-state index >= 15 is 0 Å². The second kappa shape index (κ2) is 6.40. The normalized spacial score (nSPS) is 19.9. The molecule has 2 N–H and O–H groups in total. The molecule has 0 saturated carbocycles. The highest BCUT2D eigenvalue weighted by molar-refractivity contribution is 8.01. The Kier molecular flexibility index (Phi) is 3.96. The summed E-state index contributed by atoms with van der Waals surface area (Å²) >= 11 is 7.72. The van der Waals surface area contributed by atoms with E-state index in [1.165, 1.54) is 23.9 Å². The highest BCUT2D eigenvalue weighted by Crippen LogP contribution is 2.54. The number of thioether (sulfide) groups is 1. The summed E-state index contributed by atoms with van der Waals surface area (Å²) in [5, 5.41) is 6.96. The molecule has 1 spiro atoms. The molecule has 5 rings (SSSR count). The van der Waals surface area contributed by atoms with E-state index < -0.39 is 4.75 Å². The molecule has 2 aliphatic heterocycles. The van der Waals surface area contributed by atoms with Gasteiger partial charge in [-0.3, -0.25) is 4.79 Å². The molecule has 6 heteroatoms. The minimum Gasteiger partial charge on any atom is -0.354 e. The van der Waals surface area contributed by atoms with Crippen LogP contribution < -0.4 is 10.6 Å². The smallest absolute Gasteiger partial charge is 0.249 e. The number of hydrogen-bond donors (Lipinski definition) is 2. The van der Waals surface area contributed by atoms with E-state index in [1.54, 1.807) is 18.2 Å². The van der Waals surface area contributed by atoms with Crippen molar-refractivity contribution in [3.8, 4) is 0 Å². The Balaban J connectivity index is 1.77. The number of fused-ring (bicyclic) bond motifs is 3. The van der Waals surface area contributed by atoms with E-state index in [-0.39, 0.29) is 11.7 Å². The third-order valence-corrected chi connectivity index (χ3v) is 6.55. The first-order chi connectivity index (χ1) is 13.5. The molecule has 3 nitrogen and oxygen atoms in total. The van der Waals surface area contributed by atoms with Gasteiger partial charge in [0.15, 0.2) is 0 Å². The third-order valence-electron chi connectivity index (χ3n) is 4.90. The van der Waals surface area contributed by atoms with E-state index in [4.69, 9.17) is 11.6 Å².